The first-order valence-corrected chi connectivity index (χ1v) is 8.02. The fourth-order valence-electron chi connectivity index (χ4n) is 3.18. The molecular formula is C17H25N3O. The Hall–Kier alpha value is -1.55. The third kappa shape index (κ3) is 3.56. The van der Waals surface area contributed by atoms with Crippen LogP contribution in [-0.2, 0) is 4.74 Å². The molecule has 2 unspecified atom stereocenters. The molecule has 114 valence electrons. The molecule has 0 saturated carbocycles. The SMILES string of the molecule is CC1CN(c2ccccc2NC2=NCCCC2)CC(C)O1. The molecule has 0 spiro atoms. The summed E-state index contributed by atoms with van der Waals surface area (Å²) < 4.78 is 5.84. The van der Waals surface area contributed by atoms with Gasteiger partial charge in [0.1, 0.15) is 5.84 Å². The van der Waals surface area contributed by atoms with Gasteiger partial charge in [-0.3, -0.25) is 4.99 Å². The van der Waals surface area contributed by atoms with Gasteiger partial charge in [0.2, 0.25) is 0 Å². The van der Waals surface area contributed by atoms with Crippen molar-refractivity contribution in [3.8, 4) is 0 Å². The van der Waals surface area contributed by atoms with Crippen molar-refractivity contribution in [3.63, 3.8) is 0 Å². The van der Waals surface area contributed by atoms with Crippen LogP contribution in [0.1, 0.15) is 33.1 Å². The van der Waals surface area contributed by atoms with Gasteiger partial charge in [0.25, 0.3) is 0 Å². The summed E-state index contributed by atoms with van der Waals surface area (Å²) in [6.45, 7) is 7.12. The number of benzene rings is 1. The average Bonchev–Trinajstić information content (AvgIpc) is 2.48. The van der Waals surface area contributed by atoms with Crippen LogP contribution >= 0.6 is 0 Å². The summed E-state index contributed by atoms with van der Waals surface area (Å²) in [5, 5.41) is 3.54. The summed E-state index contributed by atoms with van der Waals surface area (Å²) in [5.74, 6) is 1.13. The normalized spacial score (nSPS) is 26.4. The molecule has 2 aliphatic rings. The Labute approximate surface area is 127 Å². The second-order valence-electron chi connectivity index (χ2n) is 6.09. The smallest absolute Gasteiger partial charge is 0.101 e. The largest absolute Gasteiger partial charge is 0.372 e. The molecule has 1 saturated heterocycles. The highest BCUT2D eigenvalue weighted by molar-refractivity contribution is 5.98. The maximum absolute atomic E-state index is 5.84. The van der Waals surface area contributed by atoms with Crippen molar-refractivity contribution in [3.05, 3.63) is 24.3 Å². The topological polar surface area (TPSA) is 36.9 Å². The van der Waals surface area contributed by atoms with Gasteiger partial charge in [-0.1, -0.05) is 12.1 Å². The molecule has 1 fully saturated rings. The number of hydrogen-bond acceptors (Lipinski definition) is 4. The number of anilines is 2. The minimum absolute atomic E-state index is 0.272. The predicted octanol–water partition coefficient (Wildman–Crippen LogP) is 3.29. The predicted molar refractivity (Wildman–Crippen MR) is 88.4 cm³/mol. The van der Waals surface area contributed by atoms with Gasteiger partial charge in [0, 0.05) is 26.1 Å². The number of ether oxygens (including phenoxy) is 1. The lowest BCUT2D eigenvalue weighted by atomic mass is 10.1. The van der Waals surface area contributed by atoms with Gasteiger partial charge in [-0.25, -0.2) is 0 Å². The molecule has 2 heterocycles. The van der Waals surface area contributed by atoms with Crippen LogP contribution in [0.3, 0.4) is 0 Å². The van der Waals surface area contributed by atoms with Gasteiger partial charge in [0.05, 0.1) is 23.6 Å². The van der Waals surface area contributed by atoms with Crippen LogP contribution in [0.15, 0.2) is 29.3 Å². The average molecular weight is 287 g/mol. The van der Waals surface area contributed by atoms with Crippen molar-refractivity contribution >= 4 is 17.2 Å². The van der Waals surface area contributed by atoms with Crippen molar-refractivity contribution in [2.24, 2.45) is 4.99 Å². The summed E-state index contributed by atoms with van der Waals surface area (Å²) in [6.07, 6.45) is 4.05. The second kappa shape index (κ2) is 6.48. The lowest BCUT2D eigenvalue weighted by molar-refractivity contribution is -0.00517. The molecule has 1 aromatic rings. The van der Waals surface area contributed by atoms with E-state index >= 15 is 0 Å². The van der Waals surface area contributed by atoms with Crippen molar-refractivity contribution in [2.75, 3.05) is 29.9 Å². The Bertz CT molecular complexity index is 505. The summed E-state index contributed by atoms with van der Waals surface area (Å²) in [4.78, 5) is 7.02. The van der Waals surface area contributed by atoms with Crippen molar-refractivity contribution in [2.45, 2.75) is 45.3 Å². The van der Waals surface area contributed by atoms with E-state index in [9.17, 15) is 0 Å². The number of nitrogens with one attached hydrogen (secondary N) is 1. The minimum Gasteiger partial charge on any atom is -0.372 e. The number of aliphatic imine (C=N–C) groups is 1. The van der Waals surface area contributed by atoms with Crippen LogP contribution < -0.4 is 10.2 Å². The molecule has 0 aromatic heterocycles. The van der Waals surface area contributed by atoms with E-state index in [4.69, 9.17) is 4.74 Å². The Morgan fingerprint density at radius 3 is 2.62 bits per heavy atom. The number of morpholine rings is 1. The van der Waals surface area contributed by atoms with Crippen molar-refractivity contribution < 1.29 is 4.74 Å². The number of rotatable bonds is 2. The maximum Gasteiger partial charge on any atom is 0.101 e. The molecule has 0 radical (unpaired) electrons. The molecule has 1 N–H and O–H groups in total. The fourth-order valence-corrected chi connectivity index (χ4v) is 3.18. The lowest BCUT2D eigenvalue weighted by Crippen LogP contribution is -2.45. The molecule has 4 heteroatoms. The van der Waals surface area contributed by atoms with E-state index in [0.29, 0.717) is 0 Å². The minimum atomic E-state index is 0.272. The Balaban J connectivity index is 1.80. The summed E-state index contributed by atoms with van der Waals surface area (Å²) in [7, 11) is 0. The first-order valence-electron chi connectivity index (χ1n) is 8.02. The third-order valence-corrected chi connectivity index (χ3v) is 4.07. The molecule has 0 aliphatic carbocycles. The molecule has 2 aliphatic heterocycles. The summed E-state index contributed by atoms with van der Waals surface area (Å²) in [5.41, 5.74) is 2.42. The van der Waals surface area contributed by atoms with Crippen LogP contribution in [0.4, 0.5) is 11.4 Å². The molecule has 21 heavy (non-hydrogen) atoms. The van der Waals surface area contributed by atoms with Gasteiger partial charge in [-0.05, 0) is 38.8 Å². The quantitative estimate of drug-likeness (QED) is 0.907. The molecule has 0 bridgehead atoms. The molecule has 2 atom stereocenters. The van der Waals surface area contributed by atoms with Gasteiger partial charge in [-0.2, -0.15) is 0 Å². The van der Waals surface area contributed by atoms with E-state index in [-0.39, 0.29) is 12.2 Å². The van der Waals surface area contributed by atoms with E-state index in [2.05, 4.69) is 53.3 Å². The number of hydrogen-bond donors (Lipinski definition) is 1. The zero-order valence-electron chi connectivity index (χ0n) is 13.0. The van der Waals surface area contributed by atoms with E-state index in [1.54, 1.807) is 0 Å². The van der Waals surface area contributed by atoms with Gasteiger partial charge >= 0.3 is 0 Å². The highest BCUT2D eigenvalue weighted by Gasteiger charge is 2.24. The Morgan fingerprint density at radius 1 is 1.14 bits per heavy atom. The van der Waals surface area contributed by atoms with Crippen LogP contribution in [0.5, 0.6) is 0 Å². The van der Waals surface area contributed by atoms with E-state index in [1.165, 1.54) is 24.2 Å². The monoisotopic (exact) mass is 287 g/mol. The molecule has 0 amide bonds. The zero-order chi connectivity index (χ0) is 14.7. The molecular weight excluding hydrogens is 262 g/mol. The summed E-state index contributed by atoms with van der Waals surface area (Å²) in [6, 6.07) is 8.53. The van der Waals surface area contributed by atoms with E-state index in [0.717, 1.165) is 31.9 Å². The number of amidine groups is 1. The Morgan fingerprint density at radius 2 is 1.90 bits per heavy atom. The molecule has 4 nitrogen and oxygen atoms in total. The van der Waals surface area contributed by atoms with Crippen LogP contribution in [0.25, 0.3) is 0 Å². The van der Waals surface area contributed by atoms with Gasteiger partial charge in [0.15, 0.2) is 0 Å². The van der Waals surface area contributed by atoms with E-state index in [1.807, 2.05) is 0 Å². The molecule has 3 rings (SSSR count). The number of para-hydroxylation sites is 2. The van der Waals surface area contributed by atoms with Gasteiger partial charge < -0.3 is 15.0 Å². The summed E-state index contributed by atoms with van der Waals surface area (Å²) >= 11 is 0. The highest BCUT2D eigenvalue weighted by Crippen LogP contribution is 2.29. The molecule has 1 aromatic carbocycles. The third-order valence-electron chi connectivity index (χ3n) is 4.07. The highest BCUT2D eigenvalue weighted by atomic mass is 16.5. The van der Waals surface area contributed by atoms with E-state index < -0.39 is 0 Å². The zero-order valence-corrected chi connectivity index (χ0v) is 13.0. The maximum atomic E-state index is 5.84. The van der Waals surface area contributed by atoms with Crippen LogP contribution in [-0.4, -0.2) is 37.7 Å². The first-order chi connectivity index (χ1) is 10.2. The van der Waals surface area contributed by atoms with Crippen molar-refractivity contribution in [1.29, 1.82) is 0 Å². The Kier molecular flexibility index (Phi) is 4.44. The van der Waals surface area contributed by atoms with Crippen LogP contribution in [0.2, 0.25) is 0 Å². The van der Waals surface area contributed by atoms with Gasteiger partial charge in [-0.15, -0.1) is 0 Å². The van der Waals surface area contributed by atoms with Crippen LogP contribution in [0, 0.1) is 0 Å². The fraction of sp³-hybridized carbons (Fsp3) is 0.588. The lowest BCUT2D eigenvalue weighted by Gasteiger charge is -2.37. The van der Waals surface area contributed by atoms with Crippen molar-refractivity contribution in [1.82, 2.24) is 0 Å². The number of nitrogens with zero attached hydrogens (tertiary/aromatic N) is 2. The first kappa shape index (κ1) is 14.4. The standard InChI is InChI=1S/C17H25N3O/c1-13-11-20(12-14(2)21-13)16-8-4-3-7-15(16)19-17-9-5-6-10-18-17/h3-4,7-8,13-14H,5-6,9-12H2,1-2H3,(H,18,19). The second-order valence-corrected chi connectivity index (χ2v) is 6.09.